The van der Waals surface area contributed by atoms with Crippen LogP contribution in [0.4, 0.5) is 5.13 Å². The van der Waals surface area contributed by atoms with E-state index in [1.54, 1.807) is 13.4 Å². The smallest absolute Gasteiger partial charge is 0.205 e. The first kappa shape index (κ1) is 10.9. The van der Waals surface area contributed by atoms with E-state index < -0.39 is 0 Å². The Morgan fingerprint density at radius 2 is 2.46 bits per heavy atom. The molecule has 0 saturated heterocycles. The standard InChI is InChI=1S/C7H12BrN3OS/c1-12-5-4-11(3-2-8)7-9-6-10-13-7/h6H,2-5H2,1H3. The molecule has 0 amide bonds. The van der Waals surface area contributed by atoms with Gasteiger partial charge in [-0.05, 0) is 0 Å². The fraction of sp³-hybridized carbons (Fsp3) is 0.714. The molecule has 0 atom stereocenters. The van der Waals surface area contributed by atoms with Gasteiger partial charge in [0.15, 0.2) is 0 Å². The minimum absolute atomic E-state index is 0.715. The number of halogens is 1. The van der Waals surface area contributed by atoms with Gasteiger partial charge in [0.05, 0.1) is 6.61 Å². The highest BCUT2D eigenvalue weighted by molar-refractivity contribution is 9.09. The van der Waals surface area contributed by atoms with E-state index in [0.717, 1.165) is 23.6 Å². The fourth-order valence-corrected chi connectivity index (χ4v) is 1.92. The van der Waals surface area contributed by atoms with Crippen molar-refractivity contribution in [3.8, 4) is 0 Å². The van der Waals surface area contributed by atoms with Crippen molar-refractivity contribution in [2.24, 2.45) is 0 Å². The van der Waals surface area contributed by atoms with Crippen molar-refractivity contribution in [3.63, 3.8) is 0 Å². The molecule has 0 aliphatic rings. The van der Waals surface area contributed by atoms with Crippen LogP contribution in [-0.2, 0) is 4.74 Å². The number of nitrogens with zero attached hydrogens (tertiary/aromatic N) is 3. The van der Waals surface area contributed by atoms with Gasteiger partial charge in [-0.15, -0.1) is 0 Å². The van der Waals surface area contributed by atoms with Crippen molar-refractivity contribution in [2.45, 2.75) is 0 Å². The van der Waals surface area contributed by atoms with E-state index in [1.165, 1.54) is 11.5 Å². The predicted octanol–water partition coefficient (Wildman–Crippen LogP) is 1.39. The van der Waals surface area contributed by atoms with Crippen LogP contribution < -0.4 is 4.90 Å². The second-order valence-corrected chi connectivity index (χ2v) is 3.94. The molecule has 0 radical (unpaired) electrons. The molecule has 0 aliphatic heterocycles. The Kier molecular flexibility index (Phi) is 5.26. The number of hydrogen-bond donors (Lipinski definition) is 0. The maximum absolute atomic E-state index is 5.02. The highest BCUT2D eigenvalue weighted by atomic mass is 79.9. The Morgan fingerprint density at radius 3 is 3.00 bits per heavy atom. The van der Waals surface area contributed by atoms with Crippen molar-refractivity contribution in [3.05, 3.63) is 6.33 Å². The van der Waals surface area contributed by atoms with Crippen molar-refractivity contribution >= 4 is 32.6 Å². The van der Waals surface area contributed by atoms with Crippen molar-refractivity contribution in [1.82, 2.24) is 9.36 Å². The molecule has 0 aliphatic carbocycles. The van der Waals surface area contributed by atoms with E-state index in [0.29, 0.717) is 6.61 Å². The van der Waals surface area contributed by atoms with Crippen LogP contribution in [0.3, 0.4) is 0 Å². The number of hydrogen-bond acceptors (Lipinski definition) is 5. The minimum atomic E-state index is 0.715. The number of ether oxygens (including phenoxy) is 1. The third-order valence-corrected chi connectivity index (χ3v) is 2.62. The minimum Gasteiger partial charge on any atom is -0.383 e. The lowest BCUT2D eigenvalue weighted by atomic mass is 10.5. The van der Waals surface area contributed by atoms with Gasteiger partial charge < -0.3 is 9.64 Å². The summed E-state index contributed by atoms with van der Waals surface area (Å²) in [5, 5.41) is 1.88. The summed E-state index contributed by atoms with van der Waals surface area (Å²) in [6.07, 6.45) is 1.58. The molecule has 0 unspecified atom stereocenters. The largest absolute Gasteiger partial charge is 0.383 e. The van der Waals surface area contributed by atoms with Gasteiger partial charge in [-0.2, -0.15) is 4.37 Å². The van der Waals surface area contributed by atoms with E-state index in [-0.39, 0.29) is 0 Å². The molecular formula is C7H12BrN3OS. The molecule has 6 heteroatoms. The number of aromatic nitrogens is 2. The van der Waals surface area contributed by atoms with Gasteiger partial charge in [0.2, 0.25) is 5.13 Å². The Hall–Kier alpha value is -0.200. The van der Waals surface area contributed by atoms with Gasteiger partial charge >= 0.3 is 0 Å². The molecule has 0 N–H and O–H groups in total. The summed E-state index contributed by atoms with van der Waals surface area (Å²) >= 11 is 4.81. The van der Waals surface area contributed by atoms with Gasteiger partial charge in [0.25, 0.3) is 0 Å². The Morgan fingerprint density at radius 1 is 1.62 bits per heavy atom. The average molecular weight is 266 g/mol. The summed E-state index contributed by atoms with van der Waals surface area (Å²) in [4.78, 5) is 6.29. The summed E-state index contributed by atoms with van der Waals surface area (Å²) in [5.74, 6) is 0. The van der Waals surface area contributed by atoms with Crippen LogP contribution in [0.2, 0.25) is 0 Å². The van der Waals surface area contributed by atoms with Crippen LogP contribution in [-0.4, -0.2) is 41.5 Å². The molecule has 1 aromatic rings. The number of alkyl halides is 1. The van der Waals surface area contributed by atoms with E-state index in [2.05, 4.69) is 30.2 Å². The van der Waals surface area contributed by atoms with E-state index >= 15 is 0 Å². The lowest BCUT2D eigenvalue weighted by molar-refractivity contribution is 0.205. The first-order valence-corrected chi connectivity index (χ1v) is 5.84. The normalized spacial score (nSPS) is 10.3. The molecule has 13 heavy (non-hydrogen) atoms. The summed E-state index contributed by atoms with van der Waals surface area (Å²) in [7, 11) is 1.70. The molecule has 1 aromatic heterocycles. The molecule has 0 aromatic carbocycles. The first-order chi connectivity index (χ1) is 6.38. The van der Waals surface area contributed by atoms with Gasteiger partial charge in [-0.25, -0.2) is 4.98 Å². The van der Waals surface area contributed by atoms with Crippen LogP contribution in [0.25, 0.3) is 0 Å². The van der Waals surface area contributed by atoms with Crippen molar-refractivity contribution in [2.75, 3.05) is 37.0 Å². The third kappa shape index (κ3) is 3.58. The molecule has 74 valence electrons. The molecule has 1 heterocycles. The number of methoxy groups -OCH3 is 1. The summed E-state index contributed by atoms with van der Waals surface area (Å²) in [6, 6.07) is 0. The summed E-state index contributed by atoms with van der Waals surface area (Å²) in [6.45, 7) is 2.50. The van der Waals surface area contributed by atoms with Gasteiger partial charge in [0, 0.05) is 37.1 Å². The quantitative estimate of drug-likeness (QED) is 0.729. The summed E-state index contributed by atoms with van der Waals surface area (Å²) < 4.78 is 8.98. The van der Waals surface area contributed by atoms with Gasteiger partial charge in [-0.1, -0.05) is 15.9 Å². The molecule has 0 fully saturated rings. The maximum Gasteiger partial charge on any atom is 0.205 e. The molecule has 4 nitrogen and oxygen atoms in total. The van der Waals surface area contributed by atoms with Gasteiger partial charge in [-0.3, -0.25) is 0 Å². The molecular weight excluding hydrogens is 254 g/mol. The highest BCUT2D eigenvalue weighted by Gasteiger charge is 2.07. The second-order valence-electron chi connectivity index (χ2n) is 2.39. The lowest BCUT2D eigenvalue weighted by Gasteiger charge is -2.19. The highest BCUT2D eigenvalue weighted by Crippen LogP contribution is 2.14. The topological polar surface area (TPSA) is 38.2 Å². The fourth-order valence-electron chi connectivity index (χ4n) is 0.913. The number of rotatable bonds is 6. The average Bonchev–Trinajstić information content (AvgIpc) is 2.65. The molecule has 1 rings (SSSR count). The number of anilines is 1. The third-order valence-electron chi connectivity index (χ3n) is 1.54. The summed E-state index contributed by atoms with van der Waals surface area (Å²) in [5.41, 5.74) is 0. The Bertz CT molecular complexity index is 220. The zero-order valence-electron chi connectivity index (χ0n) is 7.44. The maximum atomic E-state index is 5.02. The van der Waals surface area contributed by atoms with Crippen molar-refractivity contribution in [1.29, 1.82) is 0 Å². The molecule has 0 bridgehead atoms. The van der Waals surface area contributed by atoms with E-state index in [1.807, 2.05) is 0 Å². The lowest BCUT2D eigenvalue weighted by Crippen LogP contribution is -2.28. The van der Waals surface area contributed by atoms with Crippen LogP contribution in [0, 0.1) is 0 Å². The Labute approximate surface area is 90.2 Å². The van der Waals surface area contributed by atoms with E-state index in [9.17, 15) is 0 Å². The van der Waals surface area contributed by atoms with Crippen LogP contribution in [0.15, 0.2) is 6.33 Å². The van der Waals surface area contributed by atoms with Crippen LogP contribution in [0.5, 0.6) is 0 Å². The zero-order chi connectivity index (χ0) is 9.52. The predicted molar refractivity (Wildman–Crippen MR) is 57.8 cm³/mol. The monoisotopic (exact) mass is 265 g/mol. The van der Waals surface area contributed by atoms with Crippen LogP contribution in [0.1, 0.15) is 0 Å². The molecule has 0 saturated carbocycles. The zero-order valence-corrected chi connectivity index (χ0v) is 9.84. The first-order valence-electron chi connectivity index (χ1n) is 3.95. The Balaban J connectivity index is 2.47. The second kappa shape index (κ2) is 6.28. The van der Waals surface area contributed by atoms with Crippen molar-refractivity contribution < 1.29 is 4.74 Å². The molecule has 0 spiro atoms. The van der Waals surface area contributed by atoms with Gasteiger partial charge in [0.1, 0.15) is 6.33 Å². The van der Waals surface area contributed by atoms with E-state index in [4.69, 9.17) is 4.74 Å². The SMILES string of the molecule is COCCN(CCBr)c1ncns1. The van der Waals surface area contributed by atoms with Crippen LogP contribution >= 0.6 is 27.5 Å².